The highest BCUT2D eigenvalue weighted by atomic mass is 19.4. The van der Waals surface area contributed by atoms with E-state index in [4.69, 9.17) is 0 Å². The van der Waals surface area contributed by atoms with E-state index in [1.54, 1.807) is 0 Å². The van der Waals surface area contributed by atoms with E-state index in [1.807, 2.05) is 0 Å². The molecule has 0 N–H and O–H groups in total. The summed E-state index contributed by atoms with van der Waals surface area (Å²) in [5, 5.41) is 0. The summed E-state index contributed by atoms with van der Waals surface area (Å²) in [5.41, 5.74) is -1.09. The number of hydrogen-bond acceptors (Lipinski definition) is 1. The van der Waals surface area contributed by atoms with Crippen LogP contribution in [0, 0.1) is 5.41 Å². The summed E-state index contributed by atoms with van der Waals surface area (Å²) >= 11 is 0. The fourth-order valence-corrected chi connectivity index (χ4v) is 1.81. The molecule has 12 heavy (non-hydrogen) atoms. The Hall–Kier alpha value is -0.540. The molecule has 1 aliphatic rings. The van der Waals surface area contributed by atoms with Crippen molar-refractivity contribution in [2.45, 2.75) is 38.3 Å². The van der Waals surface area contributed by atoms with Crippen LogP contribution in [-0.4, -0.2) is 12.5 Å². The van der Waals surface area contributed by atoms with Gasteiger partial charge in [-0.15, -0.1) is 0 Å². The van der Waals surface area contributed by atoms with Gasteiger partial charge in [-0.2, -0.15) is 13.2 Å². The molecule has 0 amide bonds. The van der Waals surface area contributed by atoms with E-state index in [1.165, 1.54) is 0 Å². The molecule has 0 aromatic heterocycles. The van der Waals surface area contributed by atoms with Gasteiger partial charge in [0, 0.05) is 5.41 Å². The molecule has 1 saturated carbocycles. The van der Waals surface area contributed by atoms with E-state index >= 15 is 0 Å². The average Bonchev–Trinajstić information content (AvgIpc) is 2.34. The second-order valence-corrected chi connectivity index (χ2v) is 3.48. The maximum atomic E-state index is 12.0. The molecule has 0 unspecified atom stereocenters. The normalized spacial score (nSPS) is 22.6. The van der Waals surface area contributed by atoms with Crippen LogP contribution < -0.4 is 0 Å². The van der Waals surface area contributed by atoms with E-state index in [-0.39, 0.29) is 0 Å². The quantitative estimate of drug-likeness (QED) is 0.597. The van der Waals surface area contributed by atoms with Crippen molar-refractivity contribution in [2.75, 3.05) is 0 Å². The van der Waals surface area contributed by atoms with Gasteiger partial charge in [-0.05, 0) is 12.8 Å². The van der Waals surface area contributed by atoms with E-state index in [2.05, 4.69) is 0 Å². The molecule has 0 heterocycles. The Labute approximate surface area is 68.9 Å². The average molecular weight is 180 g/mol. The lowest BCUT2D eigenvalue weighted by Crippen LogP contribution is -2.26. The van der Waals surface area contributed by atoms with Gasteiger partial charge < -0.3 is 4.79 Å². The summed E-state index contributed by atoms with van der Waals surface area (Å²) in [7, 11) is 0. The minimum Gasteiger partial charge on any atom is -0.303 e. The van der Waals surface area contributed by atoms with Crippen molar-refractivity contribution >= 4 is 6.29 Å². The van der Waals surface area contributed by atoms with Gasteiger partial charge in [0.2, 0.25) is 0 Å². The highest BCUT2D eigenvalue weighted by Gasteiger charge is 2.43. The smallest absolute Gasteiger partial charge is 0.303 e. The summed E-state index contributed by atoms with van der Waals surface area (Å²) in [5.74, 6) is 0. The van der Waals surface area contributed by atoms with Crippen LogP contribution >= 0.6 is 0 Å². The zero-order valence-electron chi connectivity index (χ0n) is 6.66. The van der Waals surface area contributed by atoms with Crippen molar-refractivity contribution in [1.29, 1.82) is 0 Å². The van der Waals surface area contributed by atoms with Crippen molar-refractivity contribution < 1.29 is 18.0 Å². The third-order valence-electron chi connectivity index (χ3n) is 2.40. The summed E-state index contributed by atoms with van der Waals surface area (Å²) in [6, 6.07) is 0. The number of hydrogen-bond donors (Lipinski definition) is 0. The molecule has 0 atom stereocenters. The van der Waals surface area contributed by atoms with Crippen LogP contribution in [0.15, 0.2) is 0 Å². The number of alkyl halides is 3. The van der Waals surface area contributed by atoms with Crippen LogP contribution in [0.3, 0.4) is 0 Å². The van der Waals surface area contributed by atoms with Crippen molar-refractivity contribution in [3.63, 3.8) is 0 Å². The second kappa shape index (κ2) is 3.07. The largest absolute Gasteiger partial charge is 0.390 e. The molecule has 1 rings (SSSR count). The molecule has 0 saturated heterocycles. The first-order valence-corrected chi connectivity index (χ1v) is 4.01. The first kappa shape index (κ1) is 9.55. The molecule has 4 heteroatoms. The summed E-state index contributed by atoms with van der Waals surface area (Å²) in [6.07, 6.45) is -2.36. The lowest BCUT2D eigenvalue weighted by molar-refractivity contribution is -0.161. The van der Waals surface area contributed by atoms with Gasteiger partial charge in [0.15, 0.2) is 0 Å². The predicted octanol–water partition coefficient (Wildman–Crippen LogP) is 2.70. The molecular weight excluding hydrogens is 169 g/mol. The van der Waals surface area contributed by atoms with Crippen LogP contribution in [0.5, 0.6) is 0 Å². The van der Waals surface area contributed by atoms with Gasteiger partial charge >= 0.3 is 6.18 Å². The molecule has 0 aromatic carbocycles. The monoisotopic (exact) mass is 180 g/mol. The molecule has 0 aliphatic heterocycles. The molecule has 0 bridgehead atoms. The highest BCUT2D eigenvalue weighted by Crippen LogP contribution is 2.44. The van der Waals surface area contributed by atoms with Crippen molar-refractivity contribution in [2.24, 2.45) is 5.41 Å². The van der Waals surface area contributed by atoms with Crippen LogP contribution in [0.1, 0.15) is 32.1 Å². The molecule has 1 fully saturated rings. The summed E-state index contributed by atoms with van der Waals surface area (Å²) in [4.78, 5) is 10.5. The van der Waals surface area contributed by atoms with Gasteiger partial charge in [-0.25, -0.2) is 0 Å². The van der Waals surface area contributed by atoms with Crippen molar-refractivity contribution in [3.8, 4) is 0 Å². The van der Waals surface area contributed by atoms with E-state index in [0.717, 1.165) is 12.8 Å². The Bertz CT molecular complexity index is 168. The Morgan fingerprint density at radius 3 is 2.08 bits per heavy atom. The minimum absolute atomic E-state index is 0.399. The number of rotatable bonds is 2. The van der Waals surface area contributed by atoms with Crippen LogP contribution in [0.2, 0.25) is 0 Å². The maximum Gasteiger partial charge on any atom is 0.390 e. The zero-order chi connectivity index (χ0) is 9.24. The van der Waals surface area contributed by atoms with Gasteiger partial charge in [-0.3, -0.25) is 0 Å². The Balaban J connectivity index is 2.62. The number of aldehydes is 1. The summed E-state index contributed by atoms with van der Waals surface area (Å²) < 4.78 is 35.9. The number of carbonyl (C=O) groups is 1. The topological polar surface area (TPSA) is 17.1 Å². The van der Waals surface area contributed by atoms with Gasteiger partial charge in [0.1, 0.15) is 6.29 Å². The Morgan fingerprint density at radius 2 is 1.75 bits per heavy atom. The number of halogens is 3. The zero-order valence-corrected chi connectivity index (χ0v) is 6.66. The fourth-order valence-electron chi connectivity index (χ4n) is 1.81. The van der Waals surface area contributed by atoms with Crippen LogP contribution in [0.4, 0.5) is 13.2 Å². The fraction of sp³-hybridized carbons (Fsp3) is 0.875. The van der Waals surface area contributed by atoms with E-state index < -0.39 is 18.0 Å². The van der Waals surface area contributed by atoms with E-state index in [0.29, 0.717) is 19.1 Å². The molecule has 1 nitrogen and oxygen atoms in total. The first-order valence-electron chi connectivity index (χ1n) is 4.01. The Kier molecular flexibility index (Phi) is 2.44. The van der Waals surface area contributed by atoms with Crippen LogP contribution in [0.25, 0.3) is 0 Å². The minimum atomic E-state index is -4.20. The van der Waals surface area contributed by atoms with Crippen LogP contribution in [-0.2, 0) is 4.79 Å². The molecule has 0 aromatic rings. The lowest BCUT2D eigenvalue weighted by Gasteiger charge is -2.22. The predicted molar refractivity (Wildman–Crippen MR) is 37.6 cm³/mol. The van der Waals surface area contributed by atoms with Gasteiger partial charge in [-0.1, -0.05) is 12.8 Å². The Morgan fingerprint density at radius 1 is 1.25 bits per heavy atom. The van der Waals surface area contributed by atoms with Crippen molar-refractivity contribution in [1.82, 2.24) is 0 Å². The standard InChI is InChI=1S/C8H11F3O/c9-8(10,11)5-7(6-12)3-1-2-4-7/h6H,1-5H2. The van der Waals surface area contributed by atoms with Gasteiger partial charge in [0.25, 0.3) is 0 Å². The second-order valence-electron chi connectivity index (χ2n) is 3.48. The highest BCUT2D eigenvalue weighted by molar-refractivity contribution is 5.60. The molecule has 0 radical (unpaired) electrons. The third kappa shape index (κ3) is 2.22. The SMILES string of the molecule is O=CC1(CC(F)(F)F)CCCC1. The molecule has 0 spiro atoms. The summed E-state index contributed by atoms with van der Waals surface area (Å²) in [6.45, 7) is 0. The lowest BCUT2D eigenvalue weighted by atomic mass is 9.84. The molecular formula is C8H11F3O. The first-order chi connectivity index (χ1) is 5.47. The third-order valence-corrected chi connectivity index (χ3v) is 2.40. The van der Waals surface area contributed by atoms with E-state index in [9.17, 15) is 18.0 Å². The molecule has 1 aliphatic carbocycles. The van der Waals surface area contributed by atoms with Crippen molar-refractivity contribution in [3.05, 3.63) is 0 Å². The number of carbonyl (C=O) groups excluding carboxylic acids is 1. The molecule has 70 valence electrons. The maximum absolute atomic E-state index is 12.0. The van der Waals surface area contributed by atoms with Gasteiger partial charge in [0.05, 0.1) is 6.42 Å².